The van der Waals surface area contributed by atoms with Crippen LogP contribution in [-0.2, 0) is 0 Å². The van der Waals surface area contributed by atoms with Gasteiger partial charge in [0.2, 0.25) is 0 Å². The molecule has 3 fully saturated rings. The fourth-order valence-electron chi connectivity index (χ4n) is 4.81. The van der Waals surface area contributed by atoms with Crippen molar-refractivity contribution in [1.29, 1.82) is 0 Å². The van der Waals surface area contributed by atoms with E-state index in [0.29, 0.717) is 0 Å². The van der Waals surface area contributed by atoms with Crippen molar-refractivity contribution in [2.24, 2.45) is 23.2 Å². The molecule has 82 valence electrons. The molecule has 0 aromatic heterocycles. The molecule has 3 rings (SSSR count). The van der Waals surface area contributed by atoms with Crippen LogP contribution in [0.2, 0.25) is 0 Å². The van der Waals surface area contributed by atoms with Gasteiger partial charge < -0.3 is 5.32 Å². The summed E-state index contributed by atoms with van der Waals surface area (Å²) in [5, 5.41) is 3.54. The van der Waals surface area contributed by atoms with Crippen molar-refractivity contribution in [1.82, 2.24) is 5.32 Å². The van der Waals surface area contributed by atoms with Crippen molar-refractivity contribution in [3.8, 4) is 0 Å². The Balaban J connectivity index is 0.000000750. The van der Waals surface area contributed by atoms with Crippen molar-refractivity contribution >= 4 is 12.4 Å². The molecule has 1 nitrogen and oxygen atoms in total. The first-order valence-corrected chi connectivity index (χ1v) is 5.92. The van der Waals surface area contributed by atoms with Crippen LogP contribution in [0.15, 0.2) is 0 Å². The molecule has 1 N–H and O–H groups in total. The van der Waals surface area contributed by atoms with Crippen molar-refractivity contribution in [2.45, 2.75) is 45.1 Å². The Morgan fingerprint density at radius 2 is 2.00 bits per heavy atom. The number of hydrogen-bond donors (Lipinski definition) is 1. The van der Waals surface area contributed by atoms with Crippen molar-refractivity contribution in [3.63, 3.8) is 0 Å². The smallest absolute Gasteiger partial charge is 0.00979 e. The van der Waals surface area contributed by atoms with Crippen LogP contribution in [0.1, 0.15) is 39.0 Å². The Bertz CT molecular complexity index is 230. The lowest BCUT2D eigenvalue weighted by Gasteiger charge is -2.34. The van der Waals surface area contributed by atoms with Gasteiger partial charge in [-0.1, -0.05) is 6.92 Å². The number of nitrogens with one attached hydrogen (secondary N) is 1. The maximum absolute atomic E-state index is 3.54. The van der Waals surface area contributed by atoms with Crippen LogP contribution in [0.25, 0.3) is 0 Å². The summed E-state index contributed by atoms with van der Waals surface area (Å²) in [6, 6.07) is 0.858. The van der Waals surface area contributed by atoms with Crippen molar-refractivity contribution in [2.75, 3.05) is 7.05 Å². The van der Waals surface area contributed by atoms with E-state index in [0.717, 1.165) is 29.2 Å². The van der Waals surface area contributed by atoms with Crippen LogP contribution in [0.3, 0.4) is 0 Å². The lowest BCUT2D eigenvalue weighted by molar-refractivity contribution is 0.162. The topological polar surface area (TPSA) is 12.0 Å². The first kappa shape index (κ1) is 10.8. The molecule has 3 aliphatic rings. The molecular weight excluding hydrogens is 194 g/mol. The van der Waals surface area contributed by atoms with Crippen LogP contribution >= 0.6 is 12.4 Å². The number of halogens is 1. The molecule has 14 heavy (non-hydrogen) atoms. The van der Waals surface area contributed by atoms with E-state index in [9.17, 15) is 0 Å². The number of fused-ring (bicyclic) bond motifs is 5. The van der Waals surface area contributed by atoms with Crippen molar-refractivity contribution in [3.05, 3.63) is 0 Å². The SMILES string of the molecule is CN[C@@H]1CCC2C1C1CC[C@@]2(C)C1.Cl. The second-order valence-corrected chi connectivity index (χ2v) is 5.81. The van der Waals surface area contributed by atoms with Gasteiger partial charge in [-0.3, -0.25) is 0 Å². The second-order valence-electron chi connectivity index (χ2n) is 5.81. The first-order valence-electron chi connectivity index (χ1n) is 5.92. The molecule has 0 amide bonds. The summed E-state index contributed by atoms with van der Waals surface area (Å²) in [6.45, 7) is 2.55. The van der Waals surface area contributed by atoms with Gasteiger partial charge in [0.1, 0.15) is 0 Å². The predicted molar refractivity (Wildman–Crippen MR) is 61.8 cm³/mol. The minimum Gasteiger partial charge on any atom is -0.317 e. The average Bonchev–Trinajstić information content (AvgIpc) is 2.72. The highest BCUT2D eigenvalue weighted by atomic mass is 35.5. The molecule has 0 aromatic carbocycles. The Hall–Kier alpha value is 0.250. The minimum atomic E-state index is 0. The van der Waals surface area contributed by atoms with E-state index in [1.165, 1.54) is 25.7 Å². The minimum absolute atomic E-state index is 0. The molecule has 0 heterocycles. The highest BCUT2D eigenvalue weighted by Gasteiger charge is 2.58. The average molecular weight is 216 g/mol. The molecular formula is C12H22ClN. The van der Waals surface area contributed by atoms with Gasteiger partial charge in [-0.15, -0.1) is 12.4 Å². The molecule has 3 aliphatic carbocycles. The van der Waals surface area contributed by atoms with Gasteiger partial charge >= 0.3 is 0 Å². The maximum Gasteiger partial charge on any atom is 0.00979 e. The van der Waals surface area contributed by atoms with E-state index in [4.69, 9.17) is 0 Å². The van der Waals surface area contributed by atoms with Gasteiger partial charge in [-0.2, -0.15) is 0 Å². The van der Waals surface area contributed by atoms with Gasteiger partial charge in [-0.05, 0) is 62.3 Å². The summed E-state index contributed by atoms with van der Waals surface area (Å²) in [5.41, 5.74) is 0.751. The van der Waals surface area contributed by atoms with Crippen LogP contribution < -0.4 is 5.32 Å². The molecule has 0 aliphatic heterocycles. The molecule has 3 unspecified atom stereocenters. The third-order valence-corrected chi connectivity index (χ3v) is 5.34. The van der Waals surface area contributed by atoms with E-state index < -0.39 is 0 Å². The van der Waals surface area contributed by atoms with Crippen molar-refractivity contribution < 1.29 is 0 Å². The lowest BCUT2D eigenvalue weighted by atomic mass is 9.72. The summed E-state index contributed by atoms with van der Waals surface area (Å²) < 4.78 is 0. The van der Waals surface area contributed by atoms with Gasteiger partial charge in [0, 0.05) is 6.04 Å². The predicted octanol–water partition coefficient (Wildman–Crippen LogP) is 2.84. The number of hydrogen-bond acceptors (Lipinski definition) is 1. The molecule has 0 saturated heterocycles. The normalized spacial score (nSPS) is 54.4. The highest BCUT2D eigenvalue weighted by Crippen LogP contribution is 2.65. The number of rotatable bonds is 1. The summed E-state index contributed by atoms with van der Waals surface area (Å²) >= 11 is 0. The van der Waals surface area contributed by atoms with E-state index in [1.807, 2.05) is 0 Å². The molecule has 5 atom stereocenters. The quantitative estimate of drug-likeness (QED) is 0.710. The third kappa shape index (κ3) is 1.18. The molecule has 0 spiro atoms. The third-order valence-electron chi connectivity index (χ3n) is 5.34. The molecule has 2 heteroatoms. The van der Waals surface area contributed by atoms with Crippen LogP contribution in [0, 0.1) is 23.2 Å². The van der Waals surface area contributed by atoms with Gasteiger partial charge in [0.05, 0.1) is 0 Å². The highest BCUT2D eigenvalue weighted by molar-refractivity contribution is 5.85. The Kier molecular flexibility index (Phi) is 2.60. The van der Waals surface area contributed by atoms with E-state index in [2.05, 4.69) is 19.3 Å². The second kappa shape index (κ2) is 3.38. The van der Waals surface area contributed by atoms with E-state index in [-0.39, 0.29) is 12.4 Å². The Morgan fingerprint density at radius 3 is 2.71 bits per heavy atom. The first-order chi connectivity index (χ1) is 6.24. The van der Waals surface area contributed by atoms with Crippen LogP contribution in [-0.4, -0.2) is 13.1 Å². The van der Waals surface area contributed by atoms with Gasteiger partial charge in [0.25, 0.3) is 0 Å². The van der Waals surface area contributed by atoms with E-state index >= 15 is 0 Å². The fourth-order valence-corrected chi connectivity index (χ4v) is 4.81. The zero-order chi connectivity index (χ0) is 9.05. The zero-order valence-electron chi connectivity index (χ0n) is 9.25. The summed E-state index contributed by atoms with van der Waals surface area (Å²) in [4.78, 5) is 0. The van der Waals surface area contributed by atoms with Gasteiger partial charge in [-0.25, -0.2) is 0 Å². The lowest BCUT2D eigenvalue weighted by Crippen LogP contribution is -2.36. The molecule has 0 radical (unpaired) electrons. The standard InChI is InChI=1S/C12H21N.ClH/c1-12-6-5-8(7-12)11-9(12)3-4-10(11)13-2;/h8-11,13H,3-7H2,1-2H3;1H/t8?,9?,10-,11?,12+;/m1./s1. The zero-order valence-corrected chi connectivity index (χ0v) is 10.1. The summed E-state index contributed by atoms with van der Waals surface area (Å²) in [5.74, 6) is 3.20. The van der Waals surface area contributed by atoms with E-state index in [1.54, 1.807) is 6.42 Å². The molecule has 0 aromatic rings. The van der Waals surface area contributed by atoms with Gasteiger partial charge in [0.15, 0.2) is 0 Å². The molecule has 2 bridgehead atoms. The summed E-state index contributed by atoms with van der Waals surface area (Å²) in [6.07, 6.45) is 7.53. The van der Waals surface area contributed by atoms with Crippen LogP contribution in [0.4, 0.5) is 0 Å². The Morgan fingerprint density at radius 1 is 1.21 bits per heavy atom. The molecule has 3 saturated carbocycles. The largest absolute Gasteiger partial charge is 0.317 e. The monoisotopic (exact) mass is 215 g/mol. The van der Waals surface area contributed by atoms with Crippen LogP contribution in [0.5, 0.6) is 0 Å². The Labute approximate surface area is 93.4 Å². The fraction of sp³-hybridized carbons (Fsp3) is 1.00. The maximum atomic E-state index is 3.54. The summed E-state index contributed by atoms with van der Waals surface area (Å²) in [7, 11) is 2.15.